The fraction of sp³-hybridized carbons (Fsp3) is 0.533. The van der Waals surface area contributed by atoms with Crippen molar-refractivity contribution in [1.29, 1.82) is 0 Å². The molecule has 114 valence electrons. The zero-order chi connectivity index (χ0) is 15.5. The van der Waals surface area contributed by atoms with Crippen LogP contribution in [0.5, 0.6) is 0 Å². The van der Waals surface area contributed by atoms with E-state index < -0.39 is 10.5 Å². The van der Waals surface area contributed by atoms with Crippen molar-refractivity contribution in [2.75, 3.05) is 5.32 Å². The molecule has 1 aromatic carbocycles. The predicted octanol–water partition coefficient (Wildman–Crippen LogP) is 2.89. The molecule has 1 aliphatic rings. The van der Waals surface area contributed by atoms with Gasteiger partial charge in [-0.05, 0) is 31.9 Å². The molecule has 1 saturated carbocycles. The number of carbonyl (C=O) groups is 1. The standard InChI is InChI=1S/C15H21N3O3/c1-11-9-12(5-6-13(11)18(20)21)17-14(19)10-15(16)7-3-2-4-8-15/h5-6,9H,2-4,7-8,10,16H2,1H3,(H,17,19). The van der Waals surface area contributed by atoms with E-state index in [4.69, 9.17) is 5.73 Å². The van der Waals surface area contributed by atoms with Crippen molar-refractivity contribution in [1.82, 2.24) is 0 Å². The number of benzene rings is 1. The number of amides is 1. The predicted molar refractivity (Wildman–Crippen MR) is 81.1 cm³/mol. The average molecular weight is 291 g/mol. The molecule has 0 bridgehead atoms. The molecule has 1 amide bonds. The van der Waals surface area contributed by atoms with Crippen LogP contribution in [0.15, 0.2) is 18.2 Å². The summed E-state index contributed by atoms with van der Waals surface area (Å²) in [4.78, 5) is 22.4. The maximum absolute atomic E-state index is 12.1. The van der Waals surface area contributed by atoms with Gasteiger partial charge in [-0.25, -0.2) is 0 Å². The smallest absolute Gasteiger partial charge is 0.272 e. The monoisotopic (exact) mass is 291 g/mol. The van der Waals surface area contributed by atoms with Crippen LogP contribution in [0.3, 0.4) is 0 Å². The number of nitro benzene ring substituents is 1. The third-order valence-electron chi connectivity index (χ3n) is 4.04. The zero-order valence-electron chi connectivity index (χ0n) is 12.2. The second-order valence-corrected chi connectivity index (χ2v) is 5.91. The lowest BCUT2D eigenvalue weighted by Crippen LogP contribution is -2.44. The van der Waals surface area contributed by atoms with Crippen molar-refractivity contribution in [3.8, 4) is 0 Å². The number of nitrogens with one attached hydrogen (secondary N) is 1. The first-order valence-electron chi connectivity index (χ1n) is 7.23. The van der Waals surface area contributed by atoms with E-state index in [1.165, 1.54) is 12.5 Å². The van der Waals surface area contributed by atoms with Crippen molar-refractivity contribution >= 4 is 17.3 Å². The maximum atomic E-state index is 12.1. The minimum atomic E-state index is -0.433. The largest absolute Gasteiger partial charge is 0.326 e. The lowest BCUT2D eigenvalue weighted by Gasteiger charge is -2.32. The van der Waals surface area contributed by atoms with E-state index in [9.17, 15) is 14.9 Å². The normalized spacial score (nSPS) is 17.2. The van der Waals surface area contributed by atoms with Crippen LogP contribution in [0.4, 0.5) is 11.4 Å². The first-order valence-corrected chi connectivity index (χ1v) is 7.23. The van der Waals surface area contributed by atoms with Gasteiger partial charge in [-0.3, -0.25) is 14.9 Å². The van der Waals surface area contributed by atoms with Crippen LogP contribution in [-0.4, -0.2) is 16.4 Å². The Balaban J connectivity index is 1.99. The summed E-state index contributed by atoms with van der Waals surface area (Å²) in [7, 11) is 0. The number of hydrogen-bond acceptors (Lipinski definition) is 4. The van der Waals surface area contributed by atoms with Crippen molar-refractivity contribution in [3.05, 3.63) is 33.9 Å². The summed E-state index contributed by atoms with van der Waals surface area (Å²) < 4.78 is 0. The van der Waals surface area contributed by atoms with E-state index in [1.54, 1.807) is 19.1 Å². The summed E-state index contributed by atoms with van der Waals surface area (Å²) in [6, 6.07) is 4.57. The van der Waals surface area contributed by atoms with Gasteiger partial charge in [0, 0.05) is 29.3 Å². The lowest BCUT2D eigenvalue weighted by molar-refractivity contribution is -0.385. The molecule has 0 spiro atoms. The molecule has 1 aromatic rings. The van der Waals surface area contributed by atoms with Gasteiger partial charge in [-0.1, -0.05) is 19.3 Å². The highest BCUT2D eigenvalue weighted by atomic mass is 16.6. The molecule has 1 aliphatic carbocycles. The summed E-state index contributed by atoms with van der Waals surface area (Å²) in [6.07, 6.45) is 5.37. The summed E-state index contributed by atoms with van der Waals surface area (Å²) in [5.41, 5.74) is 7.00. The summed E-state index contributed by atoms with van der Waals surface area (Å²) in [6.45, 7) is 1.65. The number of nitrogens with zero attached hydrogens (tertiary/aromatic N) is 1. The van der Waals surface area contributed by atoms with E-state index in [2.05, 4.69) is 5.32 Å². The van der Waals surface area contributed by atoms with E-state index in [1.807, 2.05) is 0 Å². The van der Waals surface area contributed by atoms with Crippen LogP contribution >= 0.6 is 0 Å². The Morgan fingerprint density at radius 2 is 2.05 bits per heavy atom. The number of carbonyl (C=O) groups excluding carboxylic acids is 1. The van der Waals surface area contributed by atoms with Crippen LogP contribution in [0.2, 0.25) is 0 Å². The van der Waals surface area contributed by atoms with Crippen LogP contribution in [0.1, 0.15) is 44.1 Å². The van der Waals surface area contributed by atoms with Crippen LogP contribution in [-0.2, 0) is 4.79 Å². The number of aryl methyl sites for hydroxylation is 1. The molecule has 0 saturated heterocycles. The molecule has 0 unspecified atom stereocenters. The quantitative estimate of drug-likeness (QED) is 0.658. The Kier molecular flexibility index (Phi) is 4.57. The first-order chi connectivity index (χ1) is 9.89. The molecule has 0 aromatic heterocycles. The summed E-state index contributed by atoms with van der Waals surface area (Å²) >= 11 is 0. The van der Waals surface area contributed by atoms with Gasteiger partial charge in [-0.2, -0.15) is 0 Å². The molecule has 6 nitrogen and oxygen atoms in total. The van der Waals surface area contributed by atoms with Crippen molar-refractivity contribution < 1.29 is 9.72 Å². The third-order valence-corrected chi connectivity index (χ3v) is 4.04. The Hall–Kier alpha value is -1.95. The third kappa shape index (κ3) is 4.01. The molecule has 1 fully saturated rings. The van der Waals surface area contributed by atoms with E-state index in [0.717, 1.165) is 25.7 Å². The molecule has 0 heterocycles. The van der Waals surface area contributed by atoms with Crippen LogP contribution < -0.4 is 11.1 Å². The van der Waals surface area contributed by atoms with E-state index in [0.29, 0.717) is 17.7 Å². The summed E-state index contributed by atoms with van der Waals surface area (Å²) in [5, 5.41) is 13.5. The van der Waals surface area contributed by atoms with Gasteiger partial charge in [0.05, 0.1) is 4.92 Å². The van der Waals surface area contributed by atoms with Crippen molar-refractivity contribution in [2.24, 2.45) is 5.73 Å². The average Bonchev–Trinajstić information content (AvgIpc) is 2.38. The zero-order valence-corrected chi connectivity index (χ0v) is 12.2. The van der Waals surface area contributed by atoms with Gasteiger partial charge in [0.25, 0.3) is 5.69 Å². The molecule has 6 heteroatoms. The van der Waals surface area contributed by atoms with Gasteiger partial charge < -0.3 is 11.1 Å². The number of nitro groups is 1. The van der Waals surface area contributed by atoms with Crippen LogP contribution in [0, 0.1) is 17.0 Å². The lowest BCUT2D eigenvalue weighted by atomic mass is 9.80. The van der Waals surface area contributed by atoms with Crippen molar-refractivity contribution in [2.45, 2.75) is 51.0 Å². The number of hydrogen-bond donors (Lipinski definition) is 2. The Morgan fingerprint density at radius 1 is 1.38 bits per heavy atom. The van der Waals surface area contributed by atoms with Crippen molar-refractivity contribution in [3.63, 3.8) is 0 Å². The molecule has 2 rings (SSSR count). The van der Waals surface area contributed by atoms with E-state index >= 15 is 0 Å². The van der Waals surface area contributed by atoms with E-state index in [-0.39, 0.29) is 11.6 Å². The minimum Gasteiger partial charge on any atom is -0.326 e. The molecule has 0 atom stereocenters. The second-order valence-electron chi connectivity index (χ2n) is 5.91. The van der Waals surface area contributed by atoms with Crippen LogP contribution in [0.25, 0.3) is 0 Å². The minimum absolute atomic E-state index is 0.0515. The van der Waals surface area contributed by atoms with Gasteiger partial charge in [0.15, 0.2) is 0 Å². The Morgan fingerprint density at radius 3 is 2.62 bits per heavy atom. The molecule has 3 N–H and O–H groups in total. The molecule has 0 radical (unpaired) electrons. The highest BCUT2D eigenvalue weighted by Gasteiger charge is 2.30. The fourth-order valence-corrected chi connectivity index (χ4v) is 2.90. The fourth-order valence-electron chi connectivity index (χ4n) is 2.90. The highest BCUT2D eigenvalue weighted by molar-refractivity contribution is 5.91. The Labute approximate surface area is 123 Å². The number of nitrogens with two attached hydrogens (primary N) is 1. The Bertz CT molecular complexity index is 551. The summed E-state index contributed by atoms with van der Waals surface area (Å²) in [5.74, 6) is -0.132. The SMILES string of the molecule is Cc1cc(NC(=O)CC2(N)CCCCC2)ccc1[N+](=O)[O-]. The first kappa shape index (κ1) is 15.4. The van der Waals surface area contributed by atoms with Gasteiger partial charge >= 0.3 is 0 Å². The van der Waals surface area contributed by atoms with Gasteiger partial charge in [-0.15, -0.1) is 0 Å². The van der Waals surface area contributed by atoms with Gasteiger partial charge in [0.1, 0.15) is 0 Å². The second kappa shape index (κ2) is 6.22. The topological polar surface area (TPSA) is 98.3 Å². The highest BCUT2D eigenvalue weighted by Crippen LogP contribution is 2.29. The number of anilines is 1. The van der Waals surface area contributed by atoms with Gasteiger partial charge in [0.2, 0.25) is 5.91 Å². The molecule has 21 heavy (non-hydrogen) atoms. The molecular weight excluding hydrogens is 270 g/mol. The molecule has 0 aliphatic heterocycles. The molecular formula is C15H21N3O3. The number of rotatable bonds is 4. The maximum Gasteiger partial charge on any atom is 0.272 e.